The third-order valence-corrected chi connectivity index (χ3v) is 3.91. The highest BCUT2D eigenvalue weighted by Crippen LogP contribution is 2.17. The summed E-state index contributed by atoms with van der Waals surface area (Å²) in [6.45, 7) is 2.24. The van der Waals surface area contributed by atoms with Crippen LogP contribution >= 0.6 is 15.9 Å². The number of rotatable bonds is 4. The minimum Gasteiger partial charge on any atom is -0.348 e. The number of hydrogen-bond acceptors (Lipinski definition) is 3. The number of nitro benzene ring substituents is 1. The van der Waals surface area contributed by atoms with Crippen molar-refractivity contribution >= 4 is 27.5 Å². The Morgan fingerprint density at radius 3 is 2.48 bits per heavy atom. The Bertz CT molecular complexity index is 684. The third kappa shape index (κ3) is 3.88. The highest BCUT2D eigenvalue weighted by atomic mass is 79.9. The summed E-state index contributed by atoms with van der Waals surface area (Å²) >= 11 is 3.39. The summed E-state index contributed by atoms with van der Waals surface area (Å²) in [5.74, 6) is -0.177. The first kappa shape index (κ1) is 15.2. The lowest BCUT2D eigenvalue weighted by atomic mass is 10.1. The summed E-state index contributed by atoms with van der Waals surface area (Å²) in [6.07, 6.45) is 0. The monoisotopic (exact) mass is 348 g/mol. The van der Waals surface area contributed by atoms with Gasteiger partial charge in [0.1, 0.15) is 0 Å². The van der Waals surface area contributed by atoms with Gasteiger partial charge in [-0.2, -0.15) is 0 Å². The SMILES string of the molecule is Cc1cc(C(=O)NCc2ccc([N+](=O)[O-])cc2)ccc1Br. The maximum atomic E-state index is 12.0. The van der Waals surface area contributed by atoms with E-state index in [1.165, 1.54) is 12.1 Å². The minimum absolute atomic E-state index is 0.0358. The van der Waals surface area contributed by atoms with Crippen LogP contribution in [0.2, 0.25) is 0 Å². The predicted octanol–water partition coefficient (Wildman–Crippen LogP) is 3.60. The van der Waals surface area contributed by atoms with E-state index in [2.05, 4.69) is 21.2 Å². The second-order valence-corrected chi connectivity index (χ2v) is 5.42. The highest BCUT2D eigenvalue weighted by Gasteiger charge is 2.08. The Hall–Kier alpha value is -2.21. The topological polar surface area (TPSA) is 72.2 Å². The molecule has 5 nitrogen and oxygen atoms in total. The molecular weight excluding hydrogens is 336 g/mol. The Balaban J connectivity index is 2.00. The molecule has 2 rings (SSSR count). The fraction of sp³-hybridized carbons (Fsp3) is 0.133. The fourth-order valence-corrected chi connectivity index (χ4v) is 2.05. The molecule has 0 spiro atoms. The molecule has 21 heavy (non-hydrogen) atoms. The molecule has 0 saturated carbocycles. The van der Waals surface area contributed by atoms with Gasteiger partial charge in [-0.25, -0.2) is 0 Å². The van der Waals surface area contributed by atoms with Gasteiger partial charge >= 0.3 is 0 Å². The lowest BCUT2D eigenvalue weighted by molar-refractivity contribution is -0.384. The summed E-state index contributed by atoms with van der Waals surface area (Å²) in [6, 6.07) is 11.5. The van der Waals surface area contributed by atoms with Gasteiger partial charge in [0.05, 0.1) is 4.92 Å². The van der Waals surface area contributed by atoms with Gasteiger partial charge < -0.3 is 5.32 Å². The van der Waals surface area contributed by atoms with Crippen LogP contribution in [0.15, 0.2) is 46.9 Å². The molecule has 0 saturated heterocycles. The molecule has 2 aromatic rings. The van der Waals surface area contributed by atoms with Crippen molar-refractivity contribution in [2.75, 3.05) is 0 Å². The zero-order valence-electron chi connectivity index (χ0n) is 11.3. The molecule has 0 aromatic heterocycles. The van der Waals surface area contributed by atoms with Crippen LogP contribution in [0.25, 0.3) is 0 Å². The number of nitrogens with zero attached hydrogens (tertiary/aromatic N) is 1. The molecule has 6 heteroatoms. The average molecular weight is 349 g/mol. The molecule has 0 aliphatic heterocycles. The number of non-ortho nitro benzene ring substituents is 1. The molecule has 1 amide bonds. The van der Waals surface area contributed by atoms with Crippen molar-refractivity contribution in [2.45, 2.75) is 13.5 Å². The zero-order chi connectivity index (χ0) is 15.4. The summed E-state index contributed by atoms with van der Waals surface area (Å²) < 4.78 is 0.953. The lowest BCUT2D eigenvalue weighted by Gasteiger charge is -2.07. The van der Waals surface area contributed by atoms with E-state index < -0.39 is 4.92 Å². The molecule has 0 heterocycles. The van der Waals surface area contributed by atoms with E-state index in [1.54, 1.807) is 24.3 Å². The molecule has 108 valence electrons. The zero-order valence-corrected chi connectivity index (χ0v) is 12.9. The molecular formula is C15H13BrN2O3. The van der Waals surface area contributed by atoms with E-state index in [-0.39, 0.29) is 11.6 Å². The van der Waals surface area contributed by atoms with Crippen LogP contribution in [0.4, 0.5) is 5.69 Å². The fourth-order valence-electron chi connectivity index (χ4n) is 1.81. The van der Waals surface area contributed by atoms with Gasteiger partial charge in [-0.05, 0) is 36.2 Å². The van der Waals surface area contributed by atoms with Crippen LogP contribution in [-0.4, -0.2) is 10.8 Å². The van der Waals surface area contributed by atoms with Crippen molar-refractivity contribution in [1.29, 1.82) is 0 Å². The van der Waals surface area contributed by atoms with Crippen molar-refractivity contribution in [2.24, 2.45) is 0 Å². The number of carbonyl (C=O) groups excluding carboxylic acids is 1. The van der Waals surface area contributed by atoms with Crippen LogP contribution in [0.1, 0.15) is 21.5 Å². The average Bonchev–Trinajstić information content (AvgIpc) is 2.48. The van der Waals surface area contributed by atoms with Gasteiger partial charge in [0.15, 0.2) is 0 Å². The summed E-state index contributed by atoms with van der Waals surface area (Å²) in [4.78, 5) is 22.1. The lowest BCUT2D eigenvalue weighted by Crippen LogP contribution is -2.22. The number of aryl methyl sites for hydroxylation is 1. The van der Waals surface area contributed by atoms with Crippen LogP contribution < -0.4 is 5.32 Å². The summed E-state index contributed by atoms with van der Waals surface area (Å²) in [7, 11) is 0. The molecule has 0 radical (unpaired) electrons. The van der Waals surface area contributed by atoms with Crippen LogP contribution in [0.5, 0.6) is 0 Å². The third-order valence-electron chi connectivity index (χ3n) is 3.02. The van der Waals surface area contributed by atoms with Gasteiger partial charge in [0, 0.05) is 28.7 Å². The van der Waals surface area contributed by atoms with Crippen molar-refractivity contribution in [3.05, 3.63) is 73.7 Å². The minimum atomic E-state index is -0.451. The predicted molar refractivity (Wildman–Crippen MR) is 83.1 cm³/mol. The number of amides is 1. The van der Waals surface area contributed by atoms with Crippen molar-refractivity contribution in [3.63, 3.8) is 0 Å². The number of nitro groups is 1. The van der Waals surface area contributed by atoms with E-state index in [4.69, 9.17) is 0 Å². The van der Waals surface area contributed by atoms with Crippen LogP contribution in [0.3, 0.4) is 0 Å². The molecule has 0 fully saturated rings. The summed E-state index contributed by atoms with van der Waals surface area (Å²) in [5.41, 5.74) is 2.41. The van der Waals surface area contributed by atoms with E-state index >= 15 is 0 Å². The number of carbonyl (C=O) groups is 1. The van der Waals surface area contributed by atoms with E-state index in [1.807, 2.05) is 13.0 Å². The van der Waals surface area contributed by atoms with Crippen LogP contribution in [-0.2, 0) is 6.54 Å². The molecule has 2 aromatic carbocycles. The maximum absolute atomic E-state index is 12.0. The standard InChI is InChI=1S/C15H13BrN2O3/c1-10-8-12(4-7-14(10)16)15(19)17-9-11-2-5-13(6-3-11)18(20)21/h2-8H,9H2,1H3,(H,17,19). The first-order chi connectivity index (χ1) is 9.97. The van der Waals surface area contributed by atoms with E-state index in [9.17, 15) is 14.9 Å². The molecule has 0 unspecified atom stereocenters. The smallest absolute Gasteiger partial charge is 0.269 e. The molecule has 0 atom stereocenters. The molecule has 0 aliphatic carbocycles. The van der Waals surface area contributed by atoms with Crippen LogP contribution in [0, 0.1) is 17.0 Å². The molecule has 0 bridgehead atoms. The van der Waals surface area contributed by atoms with Crippen molar-refractivity contribution in [1.82, 2.24) is 5.32 Å². The Kier molecular flexibility index (Phi) is 4.70. The highest BCUT2D eigenvalue weighted by molar-refractivity contribution is 9.10. The van der Waals surface area contributed by atoms with E-state index in [0.717, 1.165) is 15.6 Å². The first-order valence-electron chi connectivity index (χ1n) is 6.25. The Labute approximate surface area is 130 Å². The second kappa shape index (κ2) is 6.49. The van der Waals surface area contributed by atoms with Gasteiger partial charge in [-0.3, -0.25) is 14.9 Å². The number of halogens is 1. The Morgan fingerprint density at radius 1 is 1.24 bits per heavy atom. The number of benzene rings is 2. The van der Waals surface area contributed by atoms with Crippen molar-refractivity contribution in [3.8, 4) is 0 Å². The molecule has 1 N–H and O–H groups in total. The normalized spacial score (nSPS) is 10.2. The Morgan fingerprint density at radius 2 is 1.90 bits per heavy atom. The second-order valence-electron chi connectivity index (χ2n) is 4.57. The maximum Gasteiger partial charge on any atom is 0.269 e. The number of nitrogens with one attached hydrogen (secondary N) is 1. The largest absolute Gasteiger partial charge is 0.348 e. The van der Waals surface area contributed by atoms with Gasteiger partial charge in [0.25, 0.3) is 11.6 Å². The quantitative estimate of drug-likeness (QED) is 0.677. The summed E-state index contributed by atoms with van der Waals surface area (Å²) in [5, 5.41) is 13.3. The van der Waals surface area contributed by atoms with Gasteiger partial charge in [0.2, 0.25) is 0 Å². The van der Waals surface area contributed by atoms with Crippen molar-refractivity contribution < 1.29 is 9.72 Å². The van der Waals surface area contributed by atoms with Gasteiger partial charge in [-0.1, -0.05) is 28.1 Å². The first-order valence-corrected chi connectivity index (χ1v) is 7.04. The van der Waals surface area contributed by atoms with E-state index in [0.29, 0.717) is 12.1 Å². The van der Waals surface area contributed by atoms with Gasteiger partial charge in [-0.15, -0.1) is 0 Å². The number of hydrogen-bond donors (Lipinski definition) is 1. The molecule has 0 aliphatic rings.